The van der Waals surface area contributed by atoms with Crippen LogP contribution in [0.15, 0.2) is 65.6 Å². The van der Waals surface area contributed by atoms with Gasteiger partial charge in [0.2, 0.25) is 0 Å². The Bertz CT molecular complexity index is 1230. The minimum absolute atomic E-state index is 0. The van der Waals surface area contributed by atoms with Crippen molar-refractivity contribution in [2.75, 3.05) is 37.6 Å². The summed E-state index contributed by atoms with van der Waals surface area (Å²) in [7, 11) is 0. The van der Waals surface area contributed by atoms with E-state index in [1.807, 2.05) is 36.5 Å². The molecule has 0 bridgehead atoms. The summed E-state index contributed by atoms with van der Waals surface area (Å²) in [5, 5.41) is 10.1. The number of benzene rings is 2. The maximum Gasteiger partial charge on any atom is 0.277 e. The van der Waals surface area contributed by atoms with Gasteiger partial charge < -0.3 is 4.90 Å². The van der Waals surface area contributed by atoms with E-state index in [4.69, 9.17) is 0 Å². The molecule has 0 spiro atoms. The highest BCUT2D eigenvalue weighted by Crippen LogP contribution is 2.25. The number of aryl methyl sites for hydroxylation is 1. The zero-order valence-electron chi connectivity index (χ0n) is 17.2. The van der Waals surface area contributed by atoms with Crippen molar-refractivity contribution in [3.63, 3.8) is 0 Å². The van der Waals surface area contributed by atoms with Crippen molar-refractivity contribution in [1.82, 2.24) is 24.9 Å². The van der Waals surface area contributed by atoms with Gasteiger partial charge in [0.1, 0.15) is 5.52 Å². The Morgan fingerprint density at radius 2 is 1.68 bits per heavy atom. The highest BCUT2D eigenvalue weighted by Gasteiger charge is 2.19. The molecule has 0 atom stereocenters. The predicted octanol–water partition coefficient (Wildman–Crippen LogP) is 2.97. The lowest BCUT2D eigenvalue weighted by molar-refractivity contribution is 0.248. The first-order valence-corrected chi connectivity index (χ1v) is 10.4. The minimum atomic E-state index is -0.0612. The van der Waals surface area contributed by atoms with Crippen molar-refractivity contribution in [3.8, 4) is 0 Å². The van der Waals surface area contributed by atoms with Crippen molar-refractivity contribution in [1.29, 1.82) is 0 Å². The normalized spacial score (nSPS) is 14.6. The smallest absolute Gasteiger partial charge is 0.277 e. The van der Waals surface area contributed by atoms with Gasteiger partial charge in [-0.25, -0.2) is 4.68 Å². The summed E-state index contributed by atoms with van der Waals surface area (Å²) in [5.74, 6) is 0. The SMILES string of the molecule is Cl.O=c1c2ccccc2nnn1CCCN1CCN(c2cccc3cccnc23)CC1. The van der Waals surface area contributed by atoms with Crippen LogP contribution < -0.4 is 10.5 Å². The molecule has 1 aliphatic rings. The maximum absolute atomic E-state index is 12.6. The Kier molecular flexibility index (Phi) is 6.44. The number of halogens is 1. The minimum Gasteiger partial charge on any atom is -0.367 e. The molecule has 0 aliphatic carbocycles. The lowest BCUT2D eigenvalue weighted by atomic mass is 10.1. The summed E-state index contributed by atoms with van der Waals surface area (Å²) in [5.41, 5.74) is 2.88. The molecule has 1 aliphatic heterocycles. The van der Waals surface area contributed by atoms with Gasteiger partial charge in [-0.1, -0.05) is 35.5 Å². The van der Waals surface area contributed by atoms with E-state index in [2.05, 4.69) is 49.4 Å². The number of aromatic nitrogens is 4. The quantitative estimate of drug-likeness (QED) is 0.479. The van der Waals surface area contributed by atoms with Crippen LogP contribution in [0.1, 0.15) is 6.42 Å². The van der Waals surface area contributed by atoms with E-state index in [0.29, 0.717) is 17.4 Å². The van der Waals surface area contributed by atoms with E-state index in [0.717, 1.165) is 44.7 Å². The molecule has 1 fully saturated rings. The summed E-state index contributed by atoms with van der Waals surface area (Å²) < 4.78 is 1.49. The van der Waals surface area contributed by atoms with Gasteiger partial charge in [0.05, 0.1) is 16.6 Å². The lowest BCUT2D eigenvalue weighted by Gasteiger charge is -2.36. The molecular formula is C23H25ClN6O. The van der Waals surface area contributed by atoms with Crippen LogP contribution in [-0.2, 0) is 6.54 Å². The molecule has 31 heavy (non-hydrogen) atoms. The van der Waals surface area contributed by atoms with Crippen molar-refractivity contribution in [2.24, 2.45) is 0 Å². The number of nitrogens with zero attached hydrogens (tertiary/aromatic N) is 6. The standard InChI is InChI=1S/C23H24N6O.ClH/c30-23-19-8-1-2-9-20(19)25-26-29(23)13-5-12-27-14-16-28(17-15-27)21-10-3-6-18-7-4-11-24-22(18)21;/h1-4,6-11H,5,12-17H2;1H. The molecule has 4 aromatic rings. The van der Waals surface area contributed by atoms with E-state index < -0.39 is 0 Å². The van der Waals surface area contributed by atoms with Crippen LogP contribution in [0.5, 0.6) is 0 Å². The van der Waals surface area contributed by atoms with E-state index in [-0.39, 0.29) is 18.0 Å². The molecule has 8 heteroatoms. The molecule has 0 saturated carbocycles. The van der Waals surface area contributed by atoms with Crippen LogP contribution in [0.2, 0.25) is 0 Å². The maximum atomic E-state index is 12.6. The molecule has 160 valence electrons. The van der Waals surface area contributed by atoms with E-state index in [9.17, 15) is 4.79 Å². The second-order valence-electron chi connectivity index (χ2n) is 7.67. The number of rotatable bonds is 5. The fourth-order valence-corrected chi connectivity index (χ4v) is 4.17. The summed E-state index contributed by atoms with van der Waals surface area (Å²) in [6.07, 6.45) is 2.74. The first kappa shape index (κ1) is 21.2. The molecule has 0 unspecified atom stereocenters. The third-order valence-electron chi connectivity index (χ3n) is 5.80. The first-order valence-electron chi connectivity index (χ1n) is 10.4. The fraction of sp³-hybridized carbons (Fsp3) is 0.304. The van der Waals surface area contributed by atoms with E-state index in [1.54, 1.807) is 0 Å². The number of fused-ring (bicyclic) bond motifs is 2. The second kappa shape index (κ2) is 9.41. The number of hydrogen-bond donors (Lipinski definition) is 0. The van der Waals surface area contributed by atoms with Crippen LogP contribution in [0.4, 0.5) is 5.69 Å². The van der Waals surface area contributed by atoms with Gasteiger partial charge in [0.15, 0.2) is 0 Å². The van der Waals surface area contributed by atoms with Crippen molar-refractivity contribution < 1.29 is 0 Å². The number of anilines is 1. The number of hydrogen-bond acceptors (Lipinski definition) is 6. The summed E-state index contributed by atoms with van der Waals surface area (Å²) in [6.45, 7) is 5.49. The lowest BCUT2D eigenvalue weighted by Crippen LogP contribution is -2.47. The summed E-state index contributed by atoms with van der Waals surface area (Å²) >= 11 is 0. The van der Waals surface area contributed by atoms with Gasteiger partial charge >= 0.3 is 0 Å². The summed E-state index contributed by atoms with van der Waals surface area (Å²) in [6, 6.07) is 17.8. The topological polar surface area (TPSA) is 67.2 Å². The van der Waals surface area contributed by atoms with Crippen LogP contribution in [0.3, 0.4) is 0 Å². The van der Waals surface area contributed by atoms with Gasteiger partial charge in [-0.15, -0.1) is 17.5 Å². The molecule has 7 nitrogen and oxygen atoms in total. The first-order chi connectivity index (χ1) is 14.8. The summed E-state index contributed by atoms with van der Waals surface area (Å²) in [4.78, 5) is 22.0. The van der Waals surface area contributed by atoms with Crippen LogP contribution in [0, 0.1) is 0 Å². The van der Waals surface area contributed by atoms with Crippen LogP contribution in [0.25, 0.3) is 21.8 Å². The third kappa shape index (κ3) is 4.38. The highest BCUT2D eigenvalue weighted by molar-refractivity contribution is 5.90. The molecule has 5 rings (SSSR count). The van der Waals surface area contributed by atoms with E-state index in [1.165, 1.54) is 15.8 Å². The Labute approximate surface area is 186 Å². The molecular weight excluding hydrogens is 412 g/mol. The Hall–Kier alpha value is -3.03. The number of para-hydroxylation sites is 1. The van der Waals surface area contributed by atoms with Crippen LogP contribution in [-0.4, -0.2) is 57.6 Å². The van der Waals surface area contributed by atoms with Crippen molar-refractivity contribution in [3.05, 3.63) is 71.1 Å². The van der Waals surface area contributed by atoms with Crippen molar-refractivity contribution in [2.45, 2.75) is 13.0 Å². The Morgan fingerprint density at radius 3 is 2.55 bits per heavy atom. The van der Waals surface area contributed by atoms with Gasteiger partial charge in [-0.05, 0) is 30.7 Å². The van der Waals surface area contributed by atoms with Gasteiger partial charge in [0.25, 0.3) is 5.56 Å². The molecule has 0 radical (unpaired) electrons. The molecule has 1 saturated heterocycles. The molecule has 2 aromatic carbocycles. The largest absolute Gasteiger partial charge is 0.367 e. The van der Waals surface area contributed by atoms with Gasteiger partial charge in [-0.3, -0.25) is 14.7 Å². The zero-order valence-corrected chi connectivity index (χ0v) is 18.0. The van der Waals surface area contributed by atoms with Crippen LogP contribution >= 0.6 is 12.4 Å². The molecule has 2 aromatic heterocycles. The molecule has 3 heterocycles. The number of pyridine rings is 1. The Balaban J connectivity index is 0.00000231. The molecule has 0 N–H and O–H groups in total. The van der Waals surface area contributed by atoms with E-state index >= 15 is 0 Å². The fourth-order valence-electron chi connectivity index (χ4n) is 4.17. The van der Waals surface area contributed by atoms with Crippen molar-refractivity contribution >= 4 is 39.9 Å². The van der Waals surface area contributed by atoms with Gasteiger partial charge in [-0.2, -0.15) is 0 Å². The second-order valence-corrected chi connectivity index (χ2v) is 7.67. The average Bonchev–Trinajstić information content (AvgIpc) is 2.81. The predicted molar refractivity (Wildman–Crippen MR) is 126 cm³/mol. The number of piperazine rings is 1. The average molecular weight is 437 g/mol. The monoisotopic (exact) mass is 436 g/mol. The Morgan fingerprint density at radius 1 is 0.871 bits per heavy atom. The highest BCUT2D eigenvalue weighted by atomic mass is 35.5. The zero-order chi connectivity index (χ0) is 20.3. The van der Waals surface area contributed by atoms with Gasteiger partial charge in [0, 0.05) is 50.9 Å². The molecule has 0 amide bonds. The third-order valence-corrected chi connectivity index (χ3v) is 5.80.